The summed E-state index contributed by atoms with van der Waals surface area (Å²) in [7, 11) is 0. The van der Waals surface area contributed by atoms with E-state index in [-0.39, 0.29) is 11.2 Å². The molecule has 3 nitrogen and oxygen atoms in total. The van der Waals surface area contributed by atoms with Crippen molar-refractivity contribution in [3.8, 4) is 0 Å². The first-order valence-corrected chi connectivity index (χ1v) is 14.8. The van der Waals surface area contributed by atoms with E-state index in [9.17, 15) is 9.30 Å². The molecular weight excluding hydrogens is 507 g/mol. The van der Waals surface area contributed by atoms with E-state index >= 15 is 0 Å². The van der Waals surface area contributed by atoms with E-state index in [0.717, 1.165) is 84.2 Å². The highest BCUT2D eigenvalue weighted by molar-refractivity contribution is 5.90. The summed E-state index contributed by atoms with van der Waals surface area (Å²) < 4.78 is 14.5. The number of hydrogen-bond donors (Lipinski definition) is 1. The molecule has 3 aromatic carbocycles. The third kappa shape index (κ3) is 8.36. The van der Waals surface area contributed by atoms with Gasteiger partial charge in [-0.3, -0.25) is 0 Å². The molecule has 0 unspecified atom stereocenters. The van der Waals surface area contributed by atoms with Crippen LogP contribution in [0.25, 0.3) is 11.1 Å². The Hall–Kier alpha value is -3.79. The molecule has 1 fully saturated rings. The number of allylic oxidation sites excluding steroid dienone is 3. The van der Waals surface area contributed by atoms with E-state index < -0.39 is 0 Å². The number of rotatable bonds is 13. The maximum Gasteiger partial charge on any atom is 0.123 e. The lowest BCUT2D eigenvalue weighted by molar-refractivity contribution is 0.318. The first-order chi connectivity index (χ1) is 19.8. The highest BCUT2D eigenvalue weighted by atomic mass is 19.1. The maximum atomic E-state index is 14.5. The highest BCUT2D eigenvalue weighted by Crippen LogP contribution is 2.39. The summed E-state index contributed by atoms with van der Waals surface area (Å²) in [6, 6.07) is 23.4. The molecule has 3 aromatic rings. The molecule has 41 heavy (non-hydrogen) atoms. The summed E-state index contributed by atoms with van der Waals surface area (Å²) in [6.45, 7) is 13.8. The number of aryl methyl sites for hydroxylation is 1. The third-order valence-corrected chi connectivity index (χ3v) is 8.59. The van der Waals surface area contributed by atoms with Gasteiger partial charge in [-0.25, -0.2) is 4.39 Å². The van der Waals surface area contributed by atoms with Gasteiger partial charge in [-0.05, 0) is 114 Å². The second kappa shape index (κ2) is 14.2. The van der Waals surface area contributed by atoms with Crippen LogP contribution in [0.1, 0.15) is 87.5 Å². The van der Waals surface area contributed by atoms with E-state index in [1.165, 1.54) is 24.8 Å². The van der Waals surface area contributed by atoms with Crippen molar-refractivity contribution in [2.24, 2.45) is 5.18 Å². The van der Waals surface area contributed by atoms with E-state index in [1.54, 1.807) is 24.3 Å². The smallest absolute Gasteiger partial charge is 0.123 e. The van der Waals surface area contributed by atoms with Crippen LogP contribution in [0, 0.1) is 10.7 Å². The molecule has 1 saturated carbocycles. The third-order valence-electron chi connectivity index (χ3n) is 8.59. The summed E-state index contributed by atoms with van der Waals surface area (Å²) in [5.74, 6) is -0.131. The second-order valence-corrected chi connectivity index (χ2v) is 11.8. The standard InChI is InChI=1S/C37H43FN2O/c1-27(23-36(32-11-7-5-8-12-32)29(3)31-15-17-35(40-41)18-16-31)19-22-39-28(2)13-14-30-24-33(26-34(38)25-30)37(4)20-9-6-10-21-37/h5,7-8,11-12,15-18,24-26,39H,1-2,6,9-10,13-14,19-23H2,3-4H3/b36-29-. The van der Waals surface area contributed by atoms with Crippen molar-refractivity contribution < 1.29 is 4.39 Å². The predicted molar refractivity (Wildman–Crippen MR) is 172 cm³/mol. The van der Waals surface area contributed by atoms with Gasteiger partial charge in [0.2, 0.25) is 0 Å². The van der Waals surface area contributed by atoms with Gasteiger partial charge in [-0.15, -0.1) is 4.91 Å². The van der Waals surface area contributed by atoms with Gasteiger partial charge in [0.05, 0.1) is 0 Å². The highest BCUT2D eigenvalue weighted by Gasteiger charge is 2.29. The molecule has 4 heteroatoms. The van der Waals surface area contributed by atoms with E-state index in [0.29, 0.717) is 5.69 Å². The zero-order chi connectivity index (χ0) is 29.2. The fourth-order valence-corrected chi connectivity index (χ4v) is 5.94. The number of nitroso groups, excluding NO2 is 1. The summed E-state index contributed by atoms with van der Waals surface area (Å²) in [5.41, 5.74) is 9.41. The molecule has 0 radical (unpaired) electrons. The maximum absolute atomic E-state index is 14.5. The topological polar surface area (TPSA) is 41.5 Å². The monoisotopic (exact) mass is 550 g/mol. The Morgan fingerprint density at radius 2 is 1.63 bits per heavy atom. The minimum absolute atomic E-state index is 0.0896. The van der Waals surface area contributed by atoms with Gasteiger partial charge in [0.25, 0.3) is 0 Å². The van der Waals surface area contributed by atoms with Gasteiger partial charge in [-0.1, -0.05) is 93.4 Å². The molecule has 214 valence electrons. The minimum Gasteiger partial charge on any atom is -0.388 e. The Bertz CT molecular complexity index is 1380. The quantitative estimate of drug-likeness (QED) is 0.131. The Kier molecular flexibility index (Phi) is 10.5. The lowest BCUT2D eigenvalue weighted by Crippen LogP contribution is -2.25. The summed E-state index contributed by atoms with van der Waals surface area (Å²) >= 11 is 0. The lowest BCUT2D eigenvalue weighted by atomic mass is 9.70. The minimum atomic E-state index is -0.131. The predicted octanol–water partition coefficient (Wildman–Crippen LogP) is 10.4. The average molecular weight is 551 g/mol. The molecule has 1 aliphatic carbocycles. The molecule has 0 atom stereocenters. The average Bonchev–Trinajstić information content (AvgIpc) is 2.99. The molecule has 0 heterocycles. The van der Waals surface area contributed by atoms with Crippen molar-refractivity contribution in [2.45, 2.75) is 77.0 Å². The van der Waals surface area contributed by atoms with Crippen molar-refractivity contribution in [1.82, 2.24) is 5.32 Å². The zero-order valence-corrected chi connectivity index (χ0v) is 24.6. The van der Waals surface area contributed by atoms with Crippen molar-refractivity contribution in [1.29, 1.82) is 0 Å². The molecule has 1 N–H and O–H groups in total. The molecule has 0 aliphatic heterocycles. The van der Waals surface area contributed by atoms with E-state index in [1.807, 2.05) is 30.3 Å². The Labute approximate surface area is 245 Å². The van der Waals surface area contributed by atoms with Gasteiger partial charge in [0, 0.05) is 12.2 Å². The van der Waals surface area contributed by atoms with Crippen LogP contribution in [0.3, 0.4) is 0 Å². The molecule has 4 rings (SSSR count). The van der Waals surface area contributed by atoms with Crippen LogP contribution in [0.4, 0.5) is 10.1 Å². The molecule has 1 aliphatic rings. The van der Waals surface area contributed by atoms with E-state index in [2.05, 4.69) is 55.7 Å². The molecule has 0 saturated heterocycles. The van der Waals surface area contributed by atoms with Crippen LogP contribution in [0.15, 0.2) is 102 Å². The van der Waals surface area contributed by atoms with Crippen LogP contribution in [-0.4, -0.2) is 6.54 Å². The van der Waals surface area contributed by atoms with Crippen LogP contribution >= 0.6 is 0 Å². The van der Waals surface area contributed by atoms with E-state index in [4.69, 9.17) is 0 Å². The number of benzene rings is 3. The molecule has 0 spiro atoms. The normalized spacial score (nSPS) is 15.1. The summed E-state index contributed by atoms with van der Waals surface area (Å²) in [6.07, 6.45) is 9.12. The van der Waals surface area contributed by atoms with Crippen molar-refractivity contribution >= 4 is 16.8 Å². The number of halogens is 1. The van der Waals surface area contributed by atoms with Crippen molar-refractivity contribution in [2.75, 3.05) is 6.54 Å². The van der Waals surface area contributed by atoms with Crippen LogP contribution < -0.4 is 5.32 Å². The summed E-state index contributed by atoms with van der Waals surface area (Å²) in [5, 5.41) is 6.48. The second-order valence-electron chi connectivity index (χ2n) is 11.8. The largest absolute Gasteiger partial charge is 0.388 e. The van der Waals surface area contributed by atoms with Crippen LogP contribution in [-0.2, 0) is 11.8 Å². The lowest BCUT2D eigenvalue weighted by Gasteiger charge is -2.34. The zero-order valence-electron chi connectivity index (χ0n) is 24.6. The summed E-state index contributed by atoms with van der Waals surface area (Å²) in [4.78, 5) is 10.8. The molecule has 0 amide bonds. The first-order valence-electron chi connectivity index (χ1n) is 14.8. The Morgan fingerprint density at radius 3 is 2.32 bits per heavy atom. The number of nitrogens with zero attached hydrogens (tertiary/aromatic N) is 1. The molecule has 0 bridgehead atoms. The fourth-order valence-electron chi connectivity index (χ4n) is 5.94. The SMILES string of the molecule is C=C(CCNC(=C)CCc1cc(F)cc(C2(C)CCCCC2)c1)C/C(=C(\C)c1ccc(N=O)cc1)c1ccccc1. The van der Waals surface area contributed by atoms with Gasteiger partial charge < -0.3 is 5.32 Å². The molecule has 0 aromatic heterocycles. The Balaban J connectivity index is 1.32. The van der Waals surface area contributed by atoms with Gasteiger partial charge >= 0.3 is 0 Å². The van der Waals surface area contributed by atoms with Crippen molar-refractivity contribution in [3.05, 3.63) is 130 Å². The van der Waals surface area contributed by atoms with Crippen LogP contribution in [0.2, 0.25) is 0 Å². The first kappa shape index (κ1) is 30.2. The van der Waals surface area contributed by atoms with Gasteiger partial charge in [-0.2, -0.15) is 0 Å². The molecular formula is C37H43FN2O. The van der Waals surface area contributed by atoms with Crippen molar-refractivity contribution in [3.63, 3.8) is 0 Å². The Morgan fingerprint density at radius 1 is 0.927 bits per heavy atom. The number of hydrogen-bond acceptors (Lipinski definition) is 3. The van der Waals surface area contributed by atoms with Gasteiger partial charge in [0.15, 0.2) is 0 Å². The van der Waals surface area contributed by atoms with Gasteiger partial charge in [0.1, 0.15) is 11.5 Å². The number of nitrogens with one attached hydrogen (secondary N) is 1. The fraction of sp³-hybridized carbons (Fsp3) is 0.351. The van der Waals surface area contributed by atoms with Crippen LogP contribution in [0.5, 0.6) is 0 Å².